The highest BCUT2D eigenvalue weighted by molar-refractivity contribution is 5.68. The second-order valence-electron chi connectivity index (χ2n) is 12.7. The van der Waals surface area contributed by atoms with E-state index in [-0.39, 0.29) is 35.1 Å². The molecule has 9 heteroatoms. The lowest BCUT2D eigenvalue weighted by molar-refractivity contribution is 0.0286. The SMILES string of the molecule is CC(C)(C)OC(=O)N1CC(N)C(CN[C@@H](c2nc(-c3cc(F)ccc3F)cn2Cc2ccccc2)C(C)(C)C)C1. The zero-order valence-electron chi connectivity index (χ0n) is 24.2. The second-order valence-corrected chi connectivity index (χ2v) is 12.7. The Balaban J connectivity index is 1.62. The minimum atomic E-state index is -0.580. The molecule has 0 radical (unpaired) electrons. The molecule has 1 aliphatic rings. The number of rotatable bonds is 7. The van der Waals surface area contributed by atoms with E-state index in [1.165, 1.54) is 6.07 Å². The minimum absolute atomic E-state index is 0.00929. The van der Waals surface area contributed by atoms with Gasteiger partial charge in [0.05, 0.1) is 11.7 Å². The van der Waals surface area contributed by atoms with Gasteiger partial charge in [-0.2, -0.15) is 0 Å². The van der Waals surface area contributed by atoms with Crippen molar-refractivity contribution in [3.8, 4) is 11.3 Å². The van der Waals surface area contributed by atoms with Crippen LogP contribution in [0.3, 0.4) is 0 Å². The van der Waals surface area contributed by atoms with Gasteiger partial charge in [0, 0.05) is 49.9 Å². The van der Waals surface area contributed by atoms with Crippen molar-refractivity contribution in [2.75, 3.05) is 19.6 Å². The van der Waals surface area contributed by atoms with E-state index in [1.54, 1.807) is 11.1 Å². The van der Waals surface area contributed by atoms with E-state index in [9.17, 15) is 13.6 Å². The van der Waals surface area contributed by atoms with Crippen molar-refractivity contribution in [2.24, 2.45) is 17.1 Å². The summed E-state index contributed by atoms with van der Waals surface area (Å²) in [6.07, 6.45) is 1.42. The summed E-state index contributed by atoms with van der Waals surface area (Å²) in [4.78, 5) is 19.2. The number of nitrogens with zero attached hydrogens (tertiary/aromatic N) is 3. The van der Waals surface area contributed by atoms with Crippen LogP contribution in [0.15, 0.2) is 54.7 Å². The van der Waals surface area contributed by atoms with E-state index in [4.69, 9.17) is 15.5 Å². The first-order valence-electron chi connectivity index (χ1n) is 13.7. The predicted octanol–water partition coefficient (Wildman–Crippen LogP) is 5.75. The Morgan fingerprint density at radius 2 is 1.80 bits per heavy atom. The molecule has 1 amide bonds. The molecule has 0 aliphatic carbocycles. The highest BCUT2D eigenvalue weighted by Gasteiger charge is 2.37. The lowest BCUT2D eigenvalue weighted by Crippen LogP contribution is -2.41. The smallest absolute Gasteiger partial charge is 0.410 e. The number of nitrogens with one attached hydrogen (secondary N) is 1. The third-order valence-electron chi connectivity index (χ3n) is 7.06. The van der Waals surface area contributed by atoms with Crippen LogP contribution in [0.1, 0.15) is 59.0 Å². The average molecular weight is 554 g/mol. The number of nitrogens with two attached hydrogens (primary N) is 1. The van der Waals surface area contributed by atoms with Gasteiger partial charge in [0.1, 0.15) is 23.1 Å². The third kappa shape index (κ3) is 7.26. The number of amides is 1. The van der Waals surface area contributed by atoms with Gasteiger partial charge in [0.15, 0.2) is 0 Å². The molecule has 3 aromatic rings. The van der Waals surface area contributed by atoms with Crippen molar-refractivity contribution in [2.45, 2.75) is 65.8 Å². The molecule has 7 nitrogen and oxygen atoms in total. The van der Waals surface area contributed by atoms with Crippen LogP contribution in [0.5, 0.6) is 0 Å². The number of carbonyl (C=O) groups excluding carboxylic acids is 1. The largest absolute Gasteiger partial charge is 0.444 e. The number of imidazole rings is 1. The van der Waals surface area contributed by atoms with Gasteiger partial charge in [-0.15, -0.1) is 0 Å². The molecule has 1 saturated heterocycles. The van der Waals surface area contributed by atoms with Crippen LogP contribution in [0.25, 0.3) is 11.3 Å². The second kappa shape index (κ2) is 11.7. The van der Waals surface area contributed by atoms with Crippen LogP contribution >= 0.6 is 0 Å². The summed E-state index contributed by atoms with van der Waals surface area (Å²) in [5.74, 6) is -0.330. The highest BCUT2D eigenvalue weighted by atomic mass is 19.1. The lowest BCUT2D eigenvalue weighted by atomic mass is 9.85. The summed E-state index contributed by atoms with van der Waals surface area (Å²) < 4.78 is 36.4. The van der Waals surface area contributed by atoms with Gasteiger partial charge in [-0.05, 0) is 49.9 Å². The number of benzene rings is 2. The molecular weight excluding hydrogens is 512 g/mol. The Morgan fingerprint density at radius 1 is 1.10 bits per heavy atom. The van der Waals surface area contributed by atoms with Crippen molar-refractivity contribution in [1.29, 1.82) is 0 Å². The van der Waals surface area contributed by atoms with Crippen molar-refractivity contribution < 1.29 is 18.3 Å². The molecule has 3 N–H and O–H groups in total. The Bertz CT molecular complexity index is 1310. The van der Waals surface area contributed by atoms with Crippen LogP contribution in [0.2, 0.25) is 0 Å². The number of hydrogen-bond donors (Lipinski definition) is 2. The van der Waals surface area contributed by atoms with Gasteiger partial charge in [0.25, 0.3) is 0 Å². The normalized spacial score (nSPS) is 18.7. The Kier molecular flexibility index (Phi) is 8.66. The van der Waals surface area contributed by atoms with Crippen molar-refractivity contribution in [1.82, 2.24) is 19.8 Å². The number of likely N-dealkylation sites (tertiary alicyclic amines) is 1. The first kappa shape index (κ1) is 29.7. The molecule has 0 saturated carbocycles. The minimum Gasteiger partial charge on any atom is -0.444 e. The van der Waals surface area contributed by atoms with Gasteiger partial charge in [0.2, 0.25) is 0 Å². The third-order valence-corrected chi connectivity index (χ3v) is 7.06. The fourth-order valence-corrected chi connectivity index (χ4v) is 5.03. The van der Waals surface area contributed by atoms with Crippen LogP contribution in [0, 0.1) is 23.0 Å². The number of hydrogen-bond acceptors (Lipinski definition) is 5. The summed E-state index contributed by atoms with van der Waals surface area (Å²) in [7, 11) is 0. The van der Waals surface area contributed by atoms with E-state index >= 15 is 0 Å². The Morgan fingerprint density at radius 3 is 2.45 bits per heavy atom. The van der Waals surface area contributed by atoms with E-state index in [2.05, 4.69) is 26.1 Å². The molecule has 3 atom stereocenters. The standard InChI is InChI=1S/C31H41F2N5O2/c1-30(2,3)27(35-15-21-17-38(18-25(21)34)29(39)40-31(4,5)6)28-36-26(23-14-22(32)12-13-24(23)33)19-37(28)16-20-10-8-7-9-11-20/h7-14,19,21,25,27,35H,15-18,34H2,1-6H3/t21?,25?,27-/m0/s1. The molecule has 2 unspecified atom stereocenters. The van der Waals surface area contributed by atoms with E-state index in [0.29, 0.717) is 37.7 Å². The van der Waals surface area contributed by atoms with Crippen LogP contribution in [-0.4, -0.2) is 51.8 Å². The van der Waals surface area contributed by atoms with E-state index < -0.39 is 17.2 Å². The first-order chi connectivity index (χ1) is 18.7. The fraction of sp³-hybridized carbons (Fsp3) is 0.484. The zero-order chi connectivity index (χ0) is 29.2. The summed E-state index contributed by atoms with van der Waals surface area (Å²) in [6.45, 7) is 13.8. The molecule has 216 valence electrons. The lowest BCUT2D eigenvalue weighted by Gasteiger charge is -2.33. The fourth-order valence-electron chi connectivity index (χ4n) is 5.03. The summed E-state index contributed by atoms with van der Waals surface area (Å²) in [5.41, 5.74) is 7.14. The molecule has 1 aromatic heterocycles. The summed E-state index contributed by atoms with van der Waals surface area (Å²) in [6, 6.07) is 12.9. The van der Waals surface area contributed by atoms with E-state index in [1.807, 2.05) is 55.7 Å². The molecule has 1 fully saturated rings. The maximum atomic E-state index is 14.8. The van der Waals surface area contributed by atoms with Crippen LogP contribution in [0.4, 0.5) is 13.6 Å². The quantitative estimate of drug-likeness (QED) is 0.389. The average Bonchev–Trinajstić information content (AvgIpc) is 3.43. The zero-order valence-corrected chi connectivity index (χ0v) is 24.2. The summed E-state index contributed by atoms with van der Waals surface area (Å²) >= 11 is 0. The monoisotopic (exact) mass is 553 g/mol. The predicted molar refractivity (Wildman–Crippen MR) is 153 cm³/mol. The summed E-state index contributed by atoms with van der Waals surface area (Å²) in [5, 5.41) is 3.66. The Labute approximate surface area is 235 Å². The number of ether oxygens (including phenoxy) is 1. The first-order valence-corrected chi connectivity index (χ1v) is 13.7. The van der Waals surface area contributed by atoms with Crippen LogP contribution < -0.4 is 11.1 Å². The van der Waals surface area contributed by atoms with Gasteiger partial charge in [-0.1, -0.05) is 51.1 Å². The van der Waals surface area contributed by atoms with Gasteiger partial charge >= 0.3 is 6.09 Å². The van der Waals surface area contributed by atoms with Crippen LogP contribution in [-0.2, 0) is 11.3 Å². The van der Waals surface area contributed by atoms with Crippen molar-refractivity contribution in [3.63, 3.8) is 0 Å². The topological polar surface area (TPSA) is 85.4 Å². The van der Waals surface area contributed by atoms with Crippen molar-refractivity contribution >= 4 is 6.09 Å². The molecule has 2 aromatic carbocycles. The van der Waals surface area contributed by atoms with Gasteiger partial charge in [-0.25, -0.2) is 18.6 Å². The van der Waals surface area contributed by atoms with Crippen molar-refractivity contribution in [3.05, 3.63) is 77.8 Å². The van der Waals surface area contributed by atoms with Gasteiger partial charge < -0.3 is 25.3 Å². The number of carbonyl (C=O) groups is 1. The maximum absolute atomic E-state index is 14.8. The maximum Gasteiger partial charge on any atom is 0.410 e. The molecule has 4 rings (SSSR count). The highest BCUT2D eigenvalue weighted by Crippen LogP contribution is 2.35. The van der Waals surface area contributed by atoms with E-state index in [0.717, 1.165) is 17.7 Å². The molecule has 0 bridgehead atoms. The van der Waals surface area contributed by atoms with Gasteiger partial charge in [-0.3, -0.25) is 0 Å². The molecule has 2 heterocycles. The molecule has 1 aliphatic heterocycles. The molecule has 40 heavy (non-hydrogen) atoms. The Hall–Kier alpha value is -3.30. The molecule has 0 spiro atoms. The number of aromatic nitrogens is 2. The number of halogens is 2. The molecular formula is C31H41F2N5O2.